The van der Waals surface area contributed by atoms with Crippen LogP contribution in [0.1, 0.15) is 34.5 Å². The third kappa shape index (κ3) is 4.43. The molecule has 4 rings (SSSR count). The quantitative estimate of drug-likeness (QED) is 0.544. The van der Waals surface area contributed by atoms with Gasteiger partial charge in [0.05, 0.1) is 5.56 Å². The highest BCUT2D eigenvalue weighted by Gasteiger charge is 2.32. The zero-order valence-corrected chi connectivity index (χ0v) is 16.4. The Morgan fingerprint density at radius 2 is 2.10 bits per heavy atom. The maximum atomic E-state index is 13.0. The summed E-state index contributed by atoms with van der Waals surface area (Å²) < 4.78 is 41.0. The fraction of sp³-hybridized carbons (Fsp3) is 0.333. The number of benzene rings is 1. The Bertz CT molecular complexity index is 981. The van der Waals surface area contributed by atoms with Crippen LogP contribution in [0.2, 0.25) is 0 Å². The molecule has 1 atom stereocenters. The van der Waals surface area contributed by atoms with E-state index in [9.17, 15) is 18.0 Å². The van der Waals surface area contributed by atoms with Crippen molar-refractivity contribution in [2.24, 2.45) is 5.92 Å². The number of carbonyl (C=O) groups is 1. The van der Waals surface area contributed by atoms with Gasteiger partial charge in [0, 0.05) is 48.0 Å². The number of hydrogen-bond acceptors (Lipinski definition) is 4. The third-order valence-corrected chi connectivity index (χ3v) is 5.97. The van der Waals surface area contributed by atoms with Gasteiger partial charge in [-0.1, -0.05) is 12.1 Å². The molecule has 1 aliphatic rings. The van der Waals surface area contributed by atoms with Crippen LogP contribution < -0.4 is 0 Å². The summed E-state index contributed by atoms with van der Waals surface area (Å²) >= 11 is 1.55. The molecule has 1 fully saturated rings. The van der Waals surface area contributed by atoms with E-state index in [4.69, 9.17) is 0 Å². The molecule has 1 aromatic carbocycles. The van der Waals surface area contributed by atoms with Crippen LogP contribution >= 0.6 is 11.3 Å². The van der Waals surface area contributed by atoms with E-state index in [0.717, 1.165) is 35.9 Å². The largest absolute Gasteiger partial charge is 0.416 e. The van der Waals surface area contributed by atoms with Crippen molar-refractivity contribution >= 4 is 17.1 Å². The first-order valence-corrected chi connectivity index (χ1v) is 10.3. The molecule has 0 bridgehead atoms. The average molecular weight is 419 g/mol. The van der Waals surface area contributed by atoms with E-state index in [1.54, 1.807) is 17.5 Å². The molecule has 152 valence electrons. The second-order valence-corrected chi connectivity index (χ2v) is 8.07. The van der Waals surface area contributed by atoms with Gasteiger partial charge < -0.3 is 0 Å². The maximum absolute atomic E-state index is 13.0. The van der Waals surface area contributed by atoms with Gasteiger partial charge >= 0.3 is 6.18 Å². The summed E-state index contributed by atoms with van der Waals surface area (Å²) in [5.74, 6) is -0.508. The first-order chi connectivity index (χ1) is 13.9. The standard InChI is InChI=1S/C21H20F3N3OS/c22-21(23,24)17-6-1-4-15(12-17)19(28)16-5-2-9-26(13-16)14-18-7-3-10-27(18)20-25-8-11-29-20/h1,3-4,6-8,10-12,16H,2,5,9,13-14H2/t16-/m0/s1. The fourth-order valence-corrected chi connectivity index (χ4v) is 4.45. The highest BCUT2D eigenvalue weighted by atomic mass is 32.1. The van der Waals surface area contributed by atoms with Crippen LogP contribution in [0.4, 0.5) is 13.2 Å². The lowest BCUT2D eigenvalue weighted by Crippen LogP contribution is -2.38. The molecule has 29 heavy (non-hydrogen) atoms. The lowest BCUT2D eigenvalue weighted by molar-refractivity contribution is -0.137. The molecule has 3 heterocycles. The van der Waals surface area contributed by atoms with E-state index in [1.165, 1.54) is 12.1 Å². The SMILES string of the molecule is O=C(c1cccc(C(F)(F)F)c1)[C@H]1CCCN(Cc2cccn2-c2nccs2)C1. The summed E-state index contributed by atoms with van der Waals surface area (Å²) in [7, 11) is 0. The molecule has 0 amide bonds. The van der Waals surface area contributed by atoms with Gasteiger partial charge in [-0.2, -0.15) is 13.2 Å². The minimum atomic E-state index is -4.45. The molecule has 1 aliphatic heterocycles. The van der Waals surface area contributed by atoms with Crippen molar-refractivity contribution in [1.29, 1.82) is 0 Å². The number of aromatic nitrogens is 2. The number of rotatable bonds is 5. The van der Waals surface area contributed by atoms with Gasteiger partial charge in [0.25, 0.3) is 0 Å². The van der Waals surface area contributed by atoms with Gasteiger partial charge in [-0.3, -0.25) is 14.3 Å². The van der Waals surface area contributed by atoms with Gasteiger partial charge in [-0.15, -0.1) is 11.3 Å². The van der Waals surface area contributed by atoms with E-state index in [-0.39, 0.29) is 17.3 Å². The number of alkyl halides is 3. The topological polar surface area (TPSA) is 38.1 Å². The number of Topliss-reactive ketones (excluding diaryl/α,β-unsaturated/α-hetero) is 1. The number of hydrogen-bond donors (Lipinski definition) is 0. The lowest BCUT2D eigenvalue weighted by Gasteiger charge is -2.32. The molecule has 0 radical (unpaired) electrons. The van der Waals surface area contributed by atoms with Crippen molar-refractivity contribution in [2.75, 3.05) is 13.1 Å². The van der Waals surface area contributed by atoms with Gasteiger partial charge in [-0.25, -0.2) is 4.98 Å². The minimum Gasteiger partial charge on any atom is -0.297 e. The van der Waals surface area contributed by atoms with Crippen LogP contribution in [0.3, 0.4) is 0 Å². The molecule has 0 N–H and O–H groups in total. The monoisotopic (exact) mass is 419 g/mol. The van der Waals surface area contributed by atoms with Crippen molar-refractivity contribution in [2.45, 2.75) is 25.6 Å². The normalized spacial score (nSPS) is 18.1. The second-order valence-electron chi connectivity index (χ2n) is 7.20. The van der Waals surface area contributed by atoms with Crippen LogP contribution in [0.25, 0.3) is 5.13 Å². The molecule has 0 saturated carbocycles. The van der Waals surface area contributed by atoms with Gasteiger partial charge in [0.2, 0.25) is 0 Å². The molecular weight excluding hydrogens is 399 g/mol. The molecule has 0 aliphatic carbocycles. The van der Waals surface area contributed by atoms with Gasteiger partial charge in [0.1, 0.15) is 0 Å². The summed E-state index contributed by atoms with van der Waals surface area (Å²) in [6.07, 6.45) is 0.806. The van der Waals surface area contributed by atoms with E-state index < -0.39 is 11.7 Å². The number of halogens is 3. The molecule has 8 heteroatoms. The zero-order valence-electron chi connectivity index (χ0n) is 15.6. The third-order valence-electron chi connectivity index (χ3n) is 5.19. The van der Waals surface area contributed by atoms with Gasteiger partial charge in [0.15, 0.2) is 10.9 Å². The number of thiazole rings is 1. The summed E-state index contributed by atoms with van der Waals surface area (Å²) in [6, 6.07) is 8.74. The number of piperidine rings is 1. The predicted molar refractivity (Wildman–Crippen MR) is 105 cm³/mol. The van der Waals surface area contributed by atoms with E-state index in [1.807, 2.05) is 28.3 Å². The van der Waals surface area contributed by atoms with Crippen molar-refractivity contribution in [3.05, 3.63) is 71.0 Å². The first-order valence-electron chi connectivity index (χ1n) is 9.42. The van der Waals surface area contributed by atoms with Crippen molar-refractivity contribution in [3.8, 4) is 5.13 Å². The van der Waals surface area contributed by atoms with Crippen molar-refractivity contribution in [1.82, 2.24) is 14.5 Å². The Labute approximate surface area is 170 Å². The van der Waals surface area contributed by atoms with E-state index in [2.05, 4.69) is 9.88 Å². The number of likely N-dealkylation sites (tertiary alicyclic amines) is 1. The lowest BCUT2D eigenvalue weighted by atomic mass is 9.89. The number of nitrogens with zero attached hydrogens (tertiary/aromatic N) is 3. The summed E-state index contributed by atoms with van der Waals surface area (Å²) in [5.41, 5.74) is 0.433. The highest BCUT2D eigenvalue weighted by Crippen LogP contribution is 2.31. The highest BCUT2D eigenvalue weighted by molar-refractivity contribution is 7.12. The molecule has 2 aromatic heterocycles. The molecule has 4 nitrogen and oxygen atoms in total. The molecular formula is C21H20F3N3OS. The molecule has 0 spiro atoms. The molecule has 1 saturated heterocycles. The van der Waals surface area contributed by atoms with Crippen LogP contribution in [-0.4, -0.2) is 33.3 Å². The summed E-state index contributed by atoms with van der Waals surface area (Å²) in [5, 5.41) is 2.81. The number of carbonyl (C=O) groups excluding carboxylic acids is 1. The van der Waals surface area contributed by atoms with E-state index >= 15 is 0 Å². The Kier molecular flexibility index (Phi) is 5.56. The zero-order chi connectivity index (χ0) is 20.4. The predicted octanol–water partition coefficient (Wildman–Crippen LogP) is 5.05. The Balaban J connectivity index is 1.47. The van der Waals surface area contributed by atoms with Gasteiger partial charge in [-0.05, 0) is 43.7 Å². The van der Waals surface area contributed by atoms with Crippen molar-refractivity contribution < 1.29 is 18.0 Å². The molecule has 3 aromatic rings. The average Bonchev–Trinajstić information content (AvgIpc) is 3.39. The molecule has 0 unspecified atom stereocenters. The fourth-order valence-electron chi connectivity index (χ4n) is 3.79. The summed E-state index contributed by atoms with van der Waals surface area (Å²) in [6.45, 7) is 2.06. The minimum absolute atomic E-state index is 0.137. The number of ketones is 1. The van der Waals surface area contributed by atoms with E-state index in [0.29, 0.717) is 19.5 Å². The van der Waals surface area contributed by atoms with Crippen LogP contribution in [0.5, 0.6) is 0 Å². The summed E-state index contributed by atoms with van der Waals surface area (Å²) in [4.78, 5) is 19.4. The van der Waals surface area contributed by atoms with Crippen LogP contribution in [0, 0.1) is 5.92 Å². The van der Waals surface area contributed by atoms with Crippen LogP contribution in [0.15, 0.2) is 54.2 Å². The Hall–Kier alpha value is -2.45. The Morgan fingerprint density at radius 1 is 1.24 bits per heavy atom. The van der Waals surface area contributed by atoms with Crippen molar-refractivity contribution in [3.63, 3.8) is 0 Å². The first kappa shape index (κ1) is 19.8. The van der Waals surface area contributed by atoms with Crippen LogP contribution in [-0.2, 0) is 12.7 Å². The second kappa shape index (κ2) is 8.12. The Morgan fingerprint density at radius 3 is 2.86 bits per heavy atom. The maximum Gasteiger partial charge on any atom is 0.416 e. The smallest absolute Gasteiger partial charge is 0.297 e.